The fourth-order valence-corrected chi connectivity index (χ4v) is 2.18. The first-order valence-electron chi connectivity index (χ1n) is 6.47. The average molecular weight is 255 g/mol. The predicted octanol–water partition coefficient (Wildman–Crippen LogP) is 2.06. The Balaban J connectivity index is 1.70. The first-order chi connectivity index (χ1) is 9.26. The Morgan fingerprint density at radius 3 is 2.53 bits per heavy atom. The summed E-state index contributed by atoms with van der Waals surface area (Å²) in [6.07, 6.45) is 0. The van der Waals surface area contributed by atoms with Crippen LogP contribution in [-0.2, 0) is 12.2 Å². The second-order valence-corrected chi connectivity index (χ2v) is 4.94. The SMILES string of the molecule is OC1(c2cccc(OCc3ccccc3)c2)CNC1. The predicted molar refractivity (Wildman–Crippen MR) is 74.0 cm³/mol. The van der Waals surface area contributed by atoms with Crippen LogP contribution >= 0.6 is 0 Å². The third-order valence-electron chi connectivity index (χ3n) is 3.45. The van der Waals surface area contributed by atoms with Crippen LogP contribution in [0.2, 0.25) is 0 Å². The zero-order valence-corrected chi connectivity index (χ0v) is 10.7. The summed E-state index contributed by atoms with van der Waals surface area (Å²) < 4.78 is 5.76. The number of hydrogen-bond acceptors (Lipinski definition) is 3. The van der Waals surface area contributed by atoms with E-state index in [9.17, 15) is 5.11 Å². The standard InChI is InChI=1S/C16H17NO2/c18-16(11-17-12-16)14-7-4-8-15(9-14)19-10-13-5-2-1-3-6-13/h1-9,17-18H,10-12H2. The largest absolute Gasteiger partial charge is 0.489 e. The molecule has 98 valence electrons. The summed E-state index contributed by atoms with van der Waals surface area (Å²) in [7, 11) is 0. The topological polar surface area (TPSA) is 41.5 Å². The normalized spacial score (nSPS) is 16.7. The van der Waals surface area contributed by atoms with Gasteiger partial charge >= 0.3 is 0 Å². The first kappa shape index (κ1) is 12.2. The number of ether oxygens (including phenoxy) is 1. The number of aliphatic hydroxyl groups is 1. The van der Waals surface area contributed by atoms with E-state index in [-0.39, 0.29) is 0 Å². The van der Waals surface area contributed by atoms with Crippen molar-refractivity contribution < 1.29 is 9.84 Å². The van der Waals surface area contributed by atoms with Gasteiger partial charge in [-0.1, -0.05) is 42.5 Å². The lowest BCUT2D eigenvalue weighted by Gasteiger charge is -2.38. The van der Waals surface area contributed by atoms with Gasteiger partial charge in [0.25, 0.3) is 0 Å². The summed E-state index contributed by atoms with van der Waals surface area (Å²) in [5.74, 6) is 0.793. The van der Waals surface area contributed by atoms with Gasteiger partial charge in [-0.3, -0.25) is 0 Å². The summed E-state index contributed by atoms with van der Waals surface area (Å²) >= 11 is 0. The minimum atomic E-state index is -0.730. The third kappa shape index (κ3) is 2.62. The van der Waals surface area contributed by atoms with E-state index in [1.54, 1.807) is 0 Å². The first-order valence-corrected chi connectivity index (χ1v) is 6.47. The van der Waals surface area contributed by atoms with Gasteiger partial charge in [0.05, 0.1) is 0 Å². The van der Waals surface area contributed by atoms with Gasteiger partial charge < -0.3 is 15.2 Å². The van der Waals surface area contributed by atoms with E-state index in [0.717, 1.165) is 16.9 Å². The molecule has 0 amide bonds. The quantitative estimate of drug-likeness (QED) is 0.878. The van der Waals surface area contributed by atoms with E-state index in [2.05, 4.69) is 5.32 Å². The summed E-state index contributed by atoms with van der Waals surface area (Å²) in [5.41, 5.74) is 1.32. The maximum absolute atomic E-state index is 10.3. The van der Waals surface area contributed by atoms with Crippen molar-refractivity contribution in [1.29, 1.82) is 0 Å². The molecule has 3 rings (SSSR count). The zero-order chi connectivity index (χ0) is 13.1. The molecule has 19 heavy (non-hydrogen) atoms. The second-order valence-electron chi connectivity index (χ2n) is 4.94. The molecule has 2 aromatic carbocycles. The molecule has 0 unspecified atom stereocenters. The molecular formula is C16H17NO2. The molecule has 0 aromatic heterocycles. The van der Waals surface area contributed by atoms with E-state index in [4.69, 9.17) is 4.74 Å². The van der Waals surface area contributed by atoms with E-state index in [1.165, 1.54) is 0 Å². The van der Waals surface area contributed by atoms with Crippen LogP contribution in [0.5, 0.6) is 5.75 Å². The van der Waals surface area contributed by atoms with Crippen molar-refractivity contribution in [1.82, 2.24) is 5.32 Å². The molecule has 0 bridgehead atoms. The van der Waals surface area contributed by atoms with E-state index >= 15 is 0 Å². The fourth-order valence-electron chi connectivity index (χ4n) is 2.18. The van der Waals surface area contributed by atoms with Crippen LogP contribution in [-0.4, -0.2) is 18.2 Å². The summed E-state index contributed by atoms with van der Waals surface area (Å²) in [6.45, 7) is 1.76. The fraction of sp³-hybridized carbons (Fsp3) is 0.250. The molecule has 3 nitrogen and oxygen atoms in total. The molecule has 1 aliphatic rings. The van der Waals surface area contributed by atoms with Crippen LogP contribution < -0.4 is 10.1 Å². The molecule has 0 radical (unpaired) electrons. The van der Waals surface area contributed by atoms with E-state index in [0.29, 0.717) is 19.7 Å². The Morgan fingerprint density at radius 2 is 1.84 bits per heavy atom. The summed E-state index contributed by atoms with van der Waals surface area (Å²) in [5, 5.41) is 13.4. The molecule has 1 aliphatic heterocycles. The Labute approximate surface area is 112 Å². The maximum atomic E-state index is 10.3. The highest BCUT2D eigenvalue weighted by atomic mass is 16.5. The number of hydrogen-bond donors (Lipinski definition) is 2. The Kier molecular flexibility index (Phi) is 3.23. The van der Waals surface area contributed by atoms with Gasteiger partial charge in [-0.15, -0.1) is 0 Å². The van der Waals surface area contributed by atoms with Gasteiger partial charge in [0.15, 0.2) is 0 Å². The highest BCUT2D eigenvalue weighted by Crippen LogP contribution is 2.28. The molecule has 1 heterocycles. The van der Waals surface area contributed by atoms with Crippen LogP contribution in [0, 0.1) is 0 Å². The van der Waals surface area contributed by atoms with Crippen molar-refractivity contribution in [2.45, 2.75) is 12.2 Å². The van der Waals surface area contributed by atoms with Gasteiger partial charge in [0, 0.05) is 13.1 Å². The zero-order valence-electron chi connectivity index (χ0n) is 10.7. The number of benzene rings is 2. The Morgan fingerprint density at radius 1 is 1.05 bits per heavy atom. The maximum Gasteiger partial charge on any atom is 0.120 e. The highest BCUT2D eigenvalue weighted by molar-refractivity contribution is 5.34. The molecule has 3 heteroatoms. The van der Waals surface area contributed by atoms with Crippen molar-refractivity contribution in [3.63, 3.8) is 0 Å². The van der Waals surface area contributed by atoms with Gasteiger partial charge in [-0.2, -0.15) is 0 Å². The van der Waals surface area contributed by atoms with Crippen LogP contribution in [0.25, 0.3) is 0 Å². The number of rotatable bonds is 4. The highest BCUT2D eigenvalue weighted by Gasteiger charge is 2.36. The third-order valence-corrected chi connectivity index (χ3v) is 3.45. The summed E-state index contributed by atoms with van der Waals surface area (Å²) in [6, 6.07) is 17.8. The second kappa shape index (κ2) is 5.03. The number of nitrogens with one attached hydrogen (secondary N) is 1. The molecular weight excluding hydrogens is 238 g/mol. The molecule has 1 saturated heterocycles. The number of β-amino-alcohol motifs (C(OH)–C–C–N with tert-alkyl or cyclic N) is 1. The average Bonchev–Trinajstić information content (AvgIpc) is 2.44. The lowest BCUT2D eigenvalue weighted by molar-refractivity contribution is -0.0148. The van der Waals surface area contributed by atoms with Crippen molar-refractivity contribution in [3.8, 4) is 5.75 Å². The Hall–Kier alpha value is -1.84. The van der Waals surface area contributed by atoms with E-state index in [1.807, 2.05) is 54.6 Å². The molecule has 2 aromatic rings. The van der Waals surface area contributed by atoms with Gasteiger partial charge in [-0.25, -0.2) is 0 Å². The molecule has 2 N–H and O–H groups in total. The van der Waals surface area contributed by atoms with Gasteiger partial charge in [0.1, 0.15) is 18.0 Å². The molecule has 1 fully saturated rings. The minimum absolute atomic E-state index is 0.543. The van der Waals surface area contributed by atoms with Crippen molar-refractivity contribution in [2.24, 2.45) is 0 Å². The van der Waals surface area contributed by atoms with Crippen LogP contribution in [0.4, 0.5) is 0 Å². The van der Waals surface area contributed by atoms with Crippen LogP contribution in [0.3, 0.4) is 0 Å². The van der Waals surface area contributed by atoms with Gasteiger partial charge in [-0.05, 0) is 23.3 Å². The van der Waals surface area contributed by atoms with Gasteiger partial charge in [0.2, 0.25) is 0 Å². The Bertz CT molecular complexity index is 550. The van der Waals surface area contributed by atoms with E-state index < -0.39 is 5.60 Å². The smallest absolute Gasteiger partial charge is 0.120 e. The molecule has 0 spiro atoms. The molecule has 0 atom stereocenters. The van der Waals surface area contributed by atoms with Crippen molar-refractivity contribution >= 4 is 0 Å². The summed E-state index contributed by atoms with van der Waals surface area (Å²) in [4.78, 5) is 0. The lowest BCUT2D eigenvalue weighted by atomic mass is 9.88. The monoisotopic (exact) mass is 255 g/mol. The minimum Gasteiger partial charge on any atom is -0.489 e. The molecule has 0 saturated carbocycles. The lowest BCUT2D eigenvalue weighted by Crippen LogP contribution is -2.56. The van der Waals surface area contributed by atoms with Crippen LogP contribution in [0.15, 0.2) is 54.6 Å². The van der Waals surface area contributed by atoms with Crippen molar-refractivity contribution in [3.05, 3.63) is 65.7 Å². The van der Waals surface area contributed by atoms with Crippen molar-refractivity contribution in [2.75, 3.05) is 13.1 Å². The van der Waals surface area contributed by atoms with Crippen LogP contribution in [0.1, 0.15) is 11.1 Å². The molecule has 0 aliphatic carbocycles.